The fourth-order valence-corrected chi connectivity index (χ4v) is 5.62. The van der Waals surface area contributed by atoms with Gasteiger partial charge in [-0.05, 0) is 43.0 Å². The van der Waals surface area contributed by atoms with E-state index in [1.165, 1.54) is 22.8 Å². The summed E-state index contributed by atoms with van der Waals surface area (Å²) in [4.78, 5) is 25.8. The number of hydrogen-bond acceptors (Lipinski definition) is 6. The number of nitrogens with one attached hydrogen (secondary N) is 1. The number of thiophene rings is 1. The second kappa shape index (κ2) is 8.09. The van der Waals surface area contributed by atoms with Crippen LogP contribution in [-0.2, 0) is 22.4 Å². The van der Waals surface area contributed by atoms with Gasteiger partial charge in [-0.25, -0.2) is 14.4 Å². The first kappa shape index (κ1) is 19.7. The summed E-state index contributed by atoms with van der Waals surface area (Å²) in [6, 6.07) is 4.50. The van der Waals surface area contributed by atoms with Crippen molar-refractivity contribution in [2.24, 2.45) is 5.92 Å². The van der Waals surface area contributed by atoms with Crippen molar-refractivity contribution >= 4 is 50.6 Å². The Morgan fingerprint density at radius 2 is 2.13 bits per heavy atom. The van der Waals surface area contributed by atoms with Crippen LogP contribution in [0.3, 0.4) is 0 Å². The third kappa shape index (κ3) is 3.64. The lowest BCUT2D eigenvalue weighted by Crippen LogP contribution is -2.44. The van der Waals surface area contributed by atoms with Gasteiger partial charge < -0.3 is 15.0 Å². The maximum absolute atomic E-state index is 13.5. The number of nitrogens with zero attached hydrogens (tertiary/aromatic N) is 3. The van der Waals surface area contributed by atoms with Gasteiger partial charge in [0, 0.05) is 29.6 Å². The number of carbonyl (C=O) groups is 1. The Labute approximate surface area is 182 Å². The smallest absolute Gasteiger partial charge is 0.226 e. The Hall–Kier alpha value is -2.29. The molecule has 156 valence electrons. The van der Waals surface area contributed by atoms with Crippen LogP contribution < -0.4 is 5.32 Å². The fraction of sp³-hybridized carbons (Fsp3) is 0.381. The van der Waals surface area contributed by atoms with Crippen LogP contribution in [0.25, 0.3) is 10.2 Å². The molecule has 5 rings (SSSR count). The predicted octanol–water partition coefficient (Wildman–Crippen LogP) is 4.19. The van der Waals surface area contributed by atoms with Crippen molar-refractivity contribution in [3.05, 3.63) is 45.8 Å². The van der Waals surface area contributed by atoms with E-state index in [9.17, 15) is 9.18 Å². The molecule has 30 heavy (non-hydrogen) atoms. The highest BCUT2D eigenvalue weighted by Crippen LogP contribution is 2.41. The minimum atomic E-state index is -0.459. The number of carbonyl (C=O) groups excluding carboxylic acids is 1. The molecular weight excluding hydrogens is 427 g/mol. The van der Waals surface area contributed by atoms with E-state index in [1.807, 2.05) is 4.90 Å². The van der Waals surface area contributed by atoms with E-state index in [2.05, 4.69) is 15.3 Å². The normalized spacial score (nSPS) is 19.0. The maximum Gasteiger partial charge on any atom is 0.226 e. The standard InChI is InChI=1S/C21H20ClFN4O2S/c22-15-10-13(2-4-16(15)23)26-19-18-14-3-1-12(21(28)27-5-7-29-8-6-27)9-17(14)30-20(18)25-11-24-19/h2,4,10-12H,1,3,5-9H2,(H,24,25,26). The summed E-state index contributed by atoms with van der Waals surface area (Å²) in [7, 11) is 0. The molecule has 1 aliphatic heterocycles. The lowest BCUT2D eigenvalue weighted by molar-refractivity contribution is -0.140. The maximum atomic E-state index is 13.5. The topological polar surface area (TPSA) is 67.4 Å². The number of amides is 1. The summed E-state index contributed by atoms with van der Waals surface area (Å²) in [6.45, 7) is 2.58. The Morgan fingerprint density at radius 1 is 1.30 bits per heavy atom. The summed E-state index contributed by atoms with van der Waals surface area (Å²) in [6.07, 6.45) is 3.87. The van der Waals surface area contributed by atoms with Gasteiger partial charge in [0.2, 0.25) is 5.91 Å². The Kier molecular flexibility index (Phi) is 5.30. The van der Waals surface area contributed by atoms with Crippen LogP contribution in [-0.4, -0.2) is 47.1 Å². The van der Waals surface area contributed by atoms with Crippen molar-refractivity contribution in [3.63, 3.8) is 0 Å². The third-order valence-corrected chi connectivity index (χ3v) is 7.15. The molecule has 1 aromatic carbocycles. The van der Waals surface area contributed by atoms with Crippen LogP contribution in [0.4, 0.5) is 15.9 Å². The third-order valence-electron chi connectivity index (χ3n) is 5.70. The molecular formula is C21H20ClFN4O2S. The molecule has 6 nitrogen and oxygen atoms in total. The van der Waals surface area contributed by atoms with E-state index < -0.39 is 5.82 Å². The molecule has 3 aromatic rings. The lowest BCUT2D eigenvalue weighted by Gasteiger charge is -2.31. The molecule has 2 aliphatic rings. The van der Waals surface area contributed by atoms with Crippen molar-refractivity contribution in [1.29, 1.82) is 0 Å². The highest BCUT2D eigenvalue weighted by atomic mass is 35.5. The van der Waals surface area contributed by atoms with Gasteiger partial charge in [-0.1, -0.05) is 11.6 Å². The number of hydrogen-bond donors (Lipinski definition) is 1. The van der Waals surface area contributed by atoms with Crippen LogP contribution >= 0.6 is 22.9 Å². The van der Waals surface area contributed by atoms with Crippen molar-refractivity contribution in [1.82, 2.24) is 14.9 Å². The first-order valence-electron chi connectivity index (χ1n) is 9.94. The van der Waals surface area contributed by atoms with Crippen LogP contribution in [0.1, 0.15) is 16.9 Å². The number of aryl methyl sites for hydroxylation is 1. The monoisotopic (exact) mass is 446 g/mol. The predicted molar refractivity (Wildman–Crippen MR) is 115 cm³/mol. The zero-order valence-electron chi connectivity index (χ0n) is 16.2. The molecule has 1 saturated heterocycles. The zero-order chi connectivity index (χ0) is 20.7. The molecule has 0 spiro atoms. The van der Waals surface area contributed by atoms with E-state index in [-0.39, 0.29) is 16.8 Å². The number of benzene rings is 1. The van der Waals surface area contributed by atoms with Crippen molar-refractivity contribution in [2.45, 2.75) is 19.3 Å². The molecule has 0 saturated carbocycles. The second-order valence-electron chi connectivity index (χ2n) is 7.54. The minimum Gasteiger partial charge on any atom is -0.378 e. The van der Waals surface area contributed by atoms with E-state index in [1.54, 1.807) is 23.5 Å². The summed E-state index contributed by atoms with van der Waals surface area (Å²) < 4.78 is 18.8. The van der Waals surface area contributed by atoms with Crippen molar-refractivity contribution in [3.8, 4) is 0 Å². The number of rotatable bonds is 3. The number of halogens is 2. The van der Waals surface area contributed by atoms with Gasteiger partial charge in [-0.2, -0.15) is 0 Å². The number of ether oxygens (including phenoxy) is 1. The number of anilines is 2. The average molecular weight is 447 g/mol. The fourth-order valence-electron chi connectivity index (χ4n) is 4.17. The van der Waals surface area contributed by atoms with Gasteiger partial charge >= 0.3 is 0 Å². The van der Waals surface area contributed by atoms with Crippen molar-refractivity contribution in [2.75, 3.05) is 31.6 Å². The van der Waals surface area contributed by atoms with Gasteiger partial charge in [0.15, 0.2) is 0 Å². The largest absolute Gasteiger partial charge is 0.378 e. The molecule has 9 heteroatoms. The first-order valence-corrected chi connectivity index (χ1v) is 11.1. The van der Waals surface area contributed by atoms with Crippen LogP contribution in [0.15, 0.2) is 24.5 Å². The van der Waals surface area contributed by atoms with Crippen LogP contribution in [0.2, 0.25) is 5.02 Å². The molecule has 1 unspecified atom stereocenters. The second-order valence-corrected chi connectivity index (χ2v) is 9.03. The Morgan fingerprint density at radius 3 is 2.93 bits per heavy atom. The molecule has 1 amide bonds. The Bertz CT molecular complexity index is 1120. The van der Waals surface area contributed by atoms with Crippen LogP contribution in [0, 0.1) is 11.7 Å². The molecule has 1 fully saturated rings. The average Bonchev–Trinajstić information content (AvgIpc) is 3.15. The van der Waals surface area contributed by atoms with Gasteiger partial charge in [0.05, 0.1) is 23.6 Å². The quantitative estimate of drug-likeness (QED) is 0.653. The molecule has 3 heterocycles. The summed E-state index contributed by atoms with van der Waals surface area (Å²) in [5, 5.41) is 4.29. The highest BCUT2D eigenvalue weighted by molar-refractivity contribution is 7.19. The van der Waals surface area contributed by atoms with Gasteiger partial charge in [-0.3, -0.25) is 4.79 Å². The van der Waals surface area contributed by atoms with Crippen LogP contribution in [0.5, 0.6) is 0 Å². The first-order chi connectivity index (χ1) is 14.6. The van der Waals surface area contributed by atoms with Gasteiger partial charge in [0.1, 0.15) is 22.8 Å². The SMILES string of the molecule is O=C(C1CCc2c(sc3ncnc(Nc4ccc(F)c(Cl)c4)c23)C1)N1CCOCC1. The molecule has 1 aliphatic carbocycles. The molecule has 1 atom stereocenters. The molecule has 1 N–H and O–H groups in total. The van der Waals surface area contributed by atoms with E-state index in [0.717, 1.165) is 29.5 Å². The zero-order valence-corrected chi connectivity index (χ0v) is 17.7. The highest BCUT2D eigenvalue weighted by Gasteiger charge is 2.32. The van der Waals surface area contributed by atoms with E-state index in [0.29, 0.717) is 37.8 Å². The summed E-state index contributed by atoms with van der Waals surface area (Å²) >= 11 is 7.54. The number of aromatic nitrogens is 2. The number of morpholine rings is 1. The lowest BCUT2D eigenvalue weighted by atomic mass is 9.86. The van der Waals surface area contributed by atoms with E-state index >= 15 is 0 Å². The summed E-state index contributed by atoms with van der Waals surface area (Å²) in [5.41, 5.74) is 1.87. The molecule has 2 aromatic heterocycles. The minimum absolute atomic E-state index is 0.00364. The van der Waals surface area contributed by atoms with Gasteiger partial charge in [0.25, 0.3) is 0 Å². The van der Waals surface area contributed by atoms with Gasteiger partial charge in [-0.15, -0.1) is 11.3 Å². The van der Waals surface area contributed by atoms with E-state index in [4.69, 9.17) is 16.3 Å². The Balaban J connectivity index is 1.43. The van der Waals surface area contributed by atoms with Crippen molar-refractivity contribution < 1.29 is 13.9 Å². The summed E-state index contributed by atoms with van der Waals surface area (Å²) in [5.74, 6) is 0.452. The number of fused-ring (bicyclic) bond motifs is 3. The molecule has 0 radical (unpaired) electrons. The molecule has 0 bridgehead atoms.